The van der Waals surface area contributed by atoms with Crippen molar-refractivity contribution in [2.24, 2.45) is 0 Å². The van der Waals surface area contributed by atoms with Crippen molar-refractivity contribution in [1.29, 1.82) is 0 Å². The maximum Gasteiger partial charge on any atom is 0.446 e. The molecule has 1 aliphatic rings. The smallest absolute Gasteiger partial charge is 0.446 e. The minimum Gasteiger partial charge on any atom is -0.454 e. The van der Waals surface area contributed by atoms with Gasteiger partial charge in [-0.2, -0.15) is 22.0 Å². The third-order valence-electron chi connectivity index (χ3n) is 3.09. The van der Waals surface area contributed by atoms with Crippen LogP contribution in [-0.4, -0.2) is 17.7 Å². The van der Waals surface area contributed by atoms with Crippen molar-refractivity contribution in [1.82, 2.24) is 0 Å². The zero-order chi connectivity index (χ0) is 14.0. The summed E-state index contributed by atoms with van der Waals surface area (Å²) in [5.74, 6) is -7.44. The van der Waals surface area contributed by atoms with Crippen LogP contribution >= 0.6 is 0 Å². The zero-order valence-electron chi connectivity index (χ0n) is 9.74. The quantitative estimate of drug-likeness (QED) is 0.441. The van der Waals surface area contributed by atoms with E-state index >= 15 is 0 Å². The van der Waals surface area contributed by atoms with Crippen molar-refractivity contribution < 1.29 is 31.5 Å². The molecule has 0 unspecified atom stereocenters. The lowest BCUT2D eigenvalue weighted by atomic mass is 9.99. The number of carbonyl (C=O) groups excluding carboxylic acids is 1. The molecular weight excluding hydrogens is 259 g/mol. The van der Waals surface area contributed by atoms with E-state index in [1.165, 1.54) is 0 Å². The molecule has 7 heteroatoms. The molecule has 1 aliphatic carbocycles. The molecule has 0 aromatic rings. The third-order valence-corrected chi connectivity index (χ3v) is 3.09. The highest BCUT2D eigenvalue weighted by molar-refractivity contribution is 5.87. The fraction of sp³-hybridized carbons (Fsp3) is 0.727. The Morgan fingerprint density at radius 1 is 1.22 bits per heavy atom. The highest BCUT2D eigenvalue weighted by atomic mass is 19.4. The molecule has 0 heterocycles. The molecule has 1 rings (SSSR count). The van der Waals surface area contributed by atoms with Crippen molar-refractivity contribution in [3.05, 3.63) is 11.7 Å². The van der Waals surface area contributed by atoms with E-state index in [9.17, 15) is 26.7 Å². The van der Waals surface area contributed by atoms with Crippen LogP contribution in [0, 0.1) is 0 Å². The molecule has 0 bridgehead atoms. The van der Waals surface area contributed by atoms with E-state index in [1.807, 2.05) is 0 Å². The third kappa shape index (κ3) is 3.20. The molecule has 0 aromatic heterocycles. The van der Waals surface area contributed by atoms with Crippen LogP contribution in [0.25, 0.3) is 0 Å². The molecule has 0 spiro atoms. The van der Waals surface area contributed by atoms with Gasteiger partial charge in [-0.25, -0.2) is 4.79 Å². The average Bonchev–Trinajstić information content (AvgIpc) is 2.75. The second kappa shape index (κ2) is 5.24. The highest BCUT2D eigenvalue weighted by Gasteiger charge is 2.43. The molecule has 18 heavy (non-hydrogen) atoms. The van der Waals surface area contributed by atoms with Crippen molar-refractivity contribution in [3.8, 4) is 0 Å². The van der Waals surface area contributed by atoms with Gasteiger partial charge in [0.15, 0.2) is 0 Å². The maximum absolute atomic E-state index is 13.0. The molecule has 2 nitrogen and oxygen atoms in total. The number of hydrogen-bond acceptors (Lipinski definition) is 2. The lowest BCUT2D eigenvalue weighted by Crippen LogP contribution is -2.32. The van der Waals surface area contributed by atoms with Gasteiger partial charge in [-0.3, -0.25) is 0 Å². The van der Waals surface area contributed by atoms with Gasteiger partial charge in [0.2, 0.25) is 11.7 Å². The first-order chi connectivity index (χ1) is 8.22. The normalized spacial score (nSPS) is 20.6. The Kier molecular flexibility index (Phi) is 4.34. The van der Waals surface area contributed by atoms with E-state index in [-0.39, 0.29) is 0 Å². The molecule has 1 fully saturated rings. The summed E-state index contributed by atoms with van der Waals surface area (Å²) in [5, 5.41) is 0. The van der Waals surface area contributed by atoms with Gasteiger partial charge in [0.25, 0.3) is 0 Å². The molecule has 0 saturated heterocycles. The summed E-state index contributed by atoms with van der Waals surface area (Å²) in [7, 11) is 0. The van der Waals surface area contributed by atoms with Crippen LogP contribution < -0.4 is 0 Å². The zero-order valence-corrected chi connectivity index (χ0v) is 9.74. The summed E-state index contributed by atoms with van der Waals surface area (Å²) in [6, 6.07) is 0. The van der Waals surface area contributed by atoms with E-state index in [0.29, 0.717) is 19.3 Å². The Labute approximate surface area is 101 Å². The second-order valence-electron chi connectivity index (χ2n) is 4.26. The number of rotatable bonds is 3. The molecule has 0 radical (unpaired) electrons. The van der Waals surface area contributed by atoms with E-state index in [0.717, 1.165) is 12.8 Å². The number of carbonyl (C=O) groups is 1. The van der Waals surface area contributed by atoms with Crippen LogP contribution in [-0.2, 0) is 9.53 Å². The van der Waals surface area contributed by atoms with Gasteiger partial charge in [-0.1, -0.05) is 6.92 Å². The van der Waals surface area contributed by atoms with Gasteiger partial charge >= 0.3 is 12.1 Å². The maximum atomic E-state index is 13.0. The summed E-state index contributed by atoms with van der Waals surface area (Å²) in [6.45, 7) is 1.68. The monoisotopic (exact) mass is 272 g/mol. The number of allylic oxidation sites excluding steroid dienone is 1. The Hall–Kier alpha value is -1.14. The van der Waals surface area contributed by atoms with Gasteiger partial charge in [0.05, 0.1) is 0 Å². The predicted octanol–water partition coefficient (Wildman–Crippen LogP) is 3.97. The first kappa shape index (κ1) is 14.9. The molecule has 0 aliphatic heterocycles. The average molecular weight is 272 g/mol. The molecule has 0 atom stereocenters. The summed E-state index contributed by atoms with van der Waals surface area (Å²) < 4.78 is 65.8. The van der Waals surface area contributed by atoms with Gasteiger partial charge in [0, 0.05) is 0 Å². The van der Waals surface area contributed by atoms with Crippen LogP contribution in [0.4, 0.5) is 22.0 Å². The molecule has 1 saturated carbocycles. The second-order valence-corrected chi connectivity index (χ2v) is 4.26. The topological polar surface area (TPSA) is 26.3 Å². The minimum absolute atomic E-state index is 0.361. The number of esters is 1. The van der Waals surface area contributed by atoms with E-state index in [2.05, 4.69) is 0 Å². The number of ether oxygens (including phenoxy) is 1. The van der Waals surface area contributed by atoms with Crippen molar-refractivity contribution >= 4 is 5.97 Å². The van der Waals surface area contributed by atoms with Crippen LogP contribution in [0.15, 0.2) is 11.7 Å². The summed E-state index contributed by atoms with van der Waals surface area (Å²) in [6.07, 6.45) is -2.76. The van der Waals surface area contributed by atoms with Crippen molar-refractivity contribution in [2.75, 3.05) is 0 Å². The predicted molar refractivity (Wildman–Crippen MR) is 52.9 cm³/mol. The van der Waals surface area contributed by atoms with Crippen LogP contribution in [0.1, 0.15) is 39.0 Å². The molecule has 104 valence electrons. The SMILES string of the molecule is CCC1(OC(=O)/C(F)=C(\F)C(F)(F)F)CCCC1. The molecule has 0 N–H and O–H groups in total. The van der Waals surface area contributed by atoms with Crippen LogP contribution in [0.2, 0.25) is 0 Å². The first-order valence-electron chi connectivity index (χ1n) is 5.58. The number of hydrogen-bond donors (Lipinski definition) is 0. The fourth-order valence-electron chi connectivity index (χ4n) is 2.00. The first-order valence-corrected chi connectivity index (χ1v) is 5.58. The summed E-state index contributed by atoms with van der Waals surface area (Å²) in [5.41, 5.74) is -0.958. The summed E-state index contributed by atoms with van der Waals surface area (Å²) >= 11 is 0. The van der Waals surface area contributed by atoms with Gasteiger partial charge in [-0.05, 0) is 32.1 Å². The van der Waals surface area contributed by atoms with Crippen molar-refractivity contribution in [2.45, 2.75) is 50.8 Å². The van der Waals surface area contributed by atoms with Crippen LogP contribution in [0.5, 0.6) is 0 Å². The van der Waals surface area contributed by atoms with E-state index in [1.54, 1.807) is 6.92 Å². The Morgan fingerprint density at radius 3 is 2.11 bits per heavy atom. The standard InChI is InChI=1S/C11H13F5O2/c1-2-10(5-3-4-6-10)18-9(17)7(12)8(13)11(14,15)16/h2-6H2,1H3/b8-7+. The molecular formula is C11H13F5O2. The van der Waals surface area contributed by atoms with E-state index < -0.39 is 29.4 Å². The van der Waals surface area contributed by atoms with Crippen molar-refractivity contribution in [3.63, 3.8) is 0 Å². The Morgan fingerprint density at radius 2 is 1.72 bits per heavy atom. The highest BCUT2D eigenvalue weighted by Crippen LogP contribution is 2.37. The fourth-order valence-corrected chi connectivity index (χ4v) is 2.00. The number of alkyl halides is 3. The minimum atomic E-state index is -5.52. The Balaban J connectivity index is 2.83. The molecule has 0 aromatic carbocycles. The largest absolute Gasteiger partial charge is 0.454 e. The molecule has 0 amide bonds. The van der Waals surface area contributed by atoms with Crippen LogP contribution in [0.3, 0.4) is 0 Å². The lowest BCUT2D eigenvalue weighted by Gasteiger charge is -2.27. The van der Waals surface area contributed by atoms with Gasteiger partial charge in [-0.15, -0.1) is 0 Å². The summed E-state index contributed by atoms with van der Waals surface area (Å²) in [4.78, 5) is 11.2. The van der Waals surface area contributed by atoms with Gasteiger partial charge in [0.1, 0.15) is 5.60 Å². The Bertz CT molecular complexity index is 353. The van der Waals surface area contributed by atoms with Gasteiger partial charge < -0.3 is 4.74 Å². The number of halogens is 5. The van der Waals surface area contributed by atoms with E-state index in [4.69, 9.17) is 4.74 Å². The lowest BCUT2D eigenvalue weighted by molar-refractivity contribution is -0.159.